The standard InChI is InChI=1S/C19H14BrN5O/c1-25-12-23-10-18(25)19(14-3-4-15(8-22)17(20)6-14)26-11-16-5-2-13(7-21)9-24-16/h2-6,9-10,12,19H,11H2,1H3. The Balaban J connectivity index is 1.89. The third-order valence-corrected chi connectivity index (χ3v) is 4.55. The smallest absolute Gasteiger partial charge is 0.125 e. The zero-order valence-corrected chi connectivity index (χ0v) is 15.5. The molecule has 0 spiro atoms. The van der Waals surface area contributed by atoms with Gasteiger partial charge in [-0.15, -0.1) is 0 Å². The van der Waals surface area contributed by atoms with Gasteiger partial charge in [-0.1, -0.05) is 6.07 Å². The van der Waals surface area contributed by atoms with Crippen molar-refractivity contribution in [3.05, 3.63) is 81.6 Å². The molecule has 0 aliphatic rings. The Hall–Kier alpha value is -3.00. The number of hydrogen-bond acceptors (Lipinski definition) is 5. The second-order valence-corrected chi connectivity index (χ2v) is 6.48. The fourth-order valence-corrected chi connectivity index (χ4v) is 2.99. The molecule has 0 saturated heterocycles. The molecular formula is C19H14BrN5O. The summed E-state index contributed by atoms with van der Waals surface area (Å²) in [6.45, 7) is 0.277. The Morgan fingerprint density at radius 2 is 2.04 bits per heavy atom. The lowest BCUT2D eigenvalue weighted by Gasteiger charge is -2.19. The van der Waals surface area contributed by atoms with Crippen molar-refractivity contribution >= 4 is 15.9 Å². The molecule has 7 heteroatoms. The van der Waals surface area contributed by atoms with E-state index in [0.29, 0.717) is 15.6 Å². The number of halogens is 1. The van der Waals surface area contributed by atoms with Crippen LogP contribution in [0.15, 0.2) is 53.5 Å². The Morgan fingerprint density at radius 1 is 1.19 bits per heavy atom. The highest BCUT2D eigenvalue weighted by Gasteiger charge is 2.19. The maximum atomic E-state index is 9.11. The van der Waals surface area contributed by atoms with Crippen molar-refractivity contribution in [2.24, 2.45) is 7.05 Å². The number of nitriles is 2. The van der Waals surface area contributed by atoms with Crippen LogP contribution in [0.1, 0.15) is 34.2 Å². The maximum absolute atomic E-state index is 9.11. The molecule has 0 radical (unpaired) electrons. The average Bonchev–Trinajstić information content (AvgIpc) is 3.08. The molecular weight excluding hydrogens is 394 g/mol. The fourth-order valence-electron chi connectivity index (χ4n) is 2.50. The van der Waals surface area contributed by atoms with Gasteiger partial charge in [0.25, 0.3) is 0 Å². The second kappa shape index (κ2) is 7.92. The number of imidazole rings is 1. The van der Waals surface area contributed by atoms with E-state index in [4.69, 9.17) is 15.3 Å². The van der Waals surface area contributed by atoms with E-state index in [1.807, 2.05) is 29.8 Å². The van der Waals surface area contributed by atoms with Crippen LogP contribution in [-0.2, 0) is 18.4 Å². The quantitative estimate of drug-likeness (QED) is 0.644. The van der Waals surface area contributed by atoms with Gasteiger partial charge in [-0.2, -0.15) is 10.5 Å². The number of aryl methyl sites for hydroxylation is 1. The number of nitrogens with zero attached hydrogens (tertiary/aromatic N) is 5. The molecule has 128 valence electrons. The first-order valence-corrected chi connectivity index (χ1v) is 8.54. The van der Waals surface area contributed by atoms with Gasteiger partial charge in [0.1, 0.15) is 18.2 Å². The van der Waals surface area contributed by atoms with Crippen LogP contribution >= 0.6 is 15.9 Å². The lowest BCUT2D eigenvalue weighted by Crippen LogP contribution is -2.11. The average molecular weight is 408 g/mol. The van der Waals surface area contributed by atoms with Crippen molar-refractivity contribution in [2.45, 2.75) is 12.7 Å². The minimum Gasteiger partial charge on any atom is -0.361 e. The van der Waals surface area contributed by atoms with Crippen LogP contribution in [0.4, 0.5) is 0 Å². The molecule has 0 aliphatic heterocycles. The van der Waals surface area contributed by atoms with Crippen LogP contribution in [0.3, 0.4) is 0 Å². The van der Waals surface area contributed by atoms with Gasteiger partial charge in [0.2, 0.25) is 0 Å². The zero-order valence-electron chi connectivity index (χ0n) is 13.9. The van der Waals surface area contributed by atoms with Gasteiger partial charge in [0.05, 0.1) is 41.6 Å². The van der Waals surface area contributed by atoms with E-state index < -0.39 is 0 Å². The molecule has 0 N–H and O–H groups in total. The minimum atomic E-state index is -0.371. The number of benzene rings is 1. The summed E-state index contributed by atoms with van der Waals surface area (Å²) in [7, 11) is 1.90. The molecule has 3 aromatic rings. The molecule has 0 amide bonds. The van der Waals surface area contributed by atoms with Gasteiger partial charge < -0.3 is 9.30 Å². The predicted molar refractivity (Wildman–Crippen MR) is 97.6 cm³/mol. The SMILES string of the molecule is Cn1cncc1C(OCc1ccc(C#N)cn1)c1ccc(C#N)c(Br)c1. The van der Waals surface area contributed by atoms with E-state index >= 15 is 0 Å². The molecule has 1 atom stereocenters. The number of hydrogen-bond donors (Lipinski definition) is 0. The van der Waals surface area contributed by atoms with Crippen molar-refractivity contribution in [3.8, 4) is 12.1 Å². The summed E-state index contributed by atoms with van der Waals surface area (Å²) in [5, 5.41) is 18.0. The van der Waals surface area contributed by atoms with E-state index in [1.54, 1.807) is 30.7 Å². The molecule has 0 fully saturated rings. The van der Waals surface area contributed by atoms with Gasteiger partial charge in [0, 0.05) is 17.7 Å². The van der Waals surface area contributed by atoms with Crippen molar-refractivity contribution in [1.29, 1.82) is 10.5 Å². The number of pyridine rings is 1. The third-order valence-electron chi connectivity index (χ3n) is 3.89. The van der Waals surface area contributed by atoms with E-state index in [9.17, 15) is 0 Å². The molecule has 1 unspecified atom stereocenters. The summed E-state index contributed by atoms with van der Waals surface area (Å²) in [4.78, 5) is 8.41. The van der Waals surface area contributed by atoms with Crippen LogP contribution in [0.2, 0.25) is 0 Å². The molecule has 26 heavy (non-hydrogen) atoms. The van der Waals surface area contributed by atoms with E-state index in [1.165, 1.54) is 6.20 Å². The zero-order chi connectivity index (χ0) is 18.5. The molecule has 0 aliphatic carbocycles. The van der Waals surface area contributed by atoms with Crippen LogP contribution in [0.5, 0.6) is 0 Å². The van der Waals surface area contributed by atoms with E-state index in [-0.39, 0.29) is 12.7 Å². The van der Waals surface area contributed by atoms with E-state index in [2.05, 4.69) is 32.0 Å². The monoisotopic (exact) mass is 407 g/mol. The van der Waals surface area contributed by atoms with Crippen molar-refractivity contribution in [3.63, 3.8) is 0 Å². The van der Waals surface area contributed by atoms with Gasteiger partial charge in [-0.25, -0.2) is 4.98 Å². The molecule has 2 heterocycles. The maximum Gasteiger partial charge on any atom is 0.125 e. The molecule has 0 saturated carbocycles. The topological polar surface area (TPSA) is 87.5 Å². The first-order chi connectivity index (χ1) is 12.6. The molecule has 0 bridgehead atoms. The summed E-state index contributed by atoms with van der Waals surface area (Å²) in [5.41, 5.74) is 3.58. The lowest BCUT2D eigenvalue weighted by molar-refractivity contribution is 0.0600. The summed E-state index contributed by atoms with van der Waals surface area (Å²) in [6, 6.07) is 13.2. The second-order valence-electron chi connectivity index (χ2n) is 5.62. The Labute approximate surface area is 159 Å². The summed E-state index contributed by atoms with van der Waals surface area (Å²) in [5.74, 6) is 0. The molecule has 3 rings (SSSR count). The largest absolute Gasteiger partial charge is 0.361 e. The highest BCUT2D eigenvalue weighted by molar-refractivity contribution is 9.10. The van der Waals surface area contributed by atoms with Gasteiger partial charge in [0.15, 0.2) is 0 Å². The van der Waals surface area contributed by atoms with Crippen LogP contribution < -0.4 is 0 Å². The number of rotatable bonds is 5. The predicted octanol–water partition coefficient (Wildman–Crippen LogP) is 3.63. The first-order valence-electron chi connectivity index (χ1n) is 7.74. The molecule has 1 aromatic carbocycles. The fraction of sp³-hybridized carbons (Fsp3) is 0.158. The van der Waals surface area contributed by atoms with Crippen molar-refractivity contribution in [1.82, 2.24) is 14.5 Å². The van der Waals surface area contributed by atoms with Crippen LogP contribution in [0, 0.1) is 22.7 Å². The Kier molecular flexibility index (Phi) is 5.43. The van der Waals surface area contributed by atoms with Crippen LogP contribution in [0.25, 0.3) is 0 Å². The molecule has 6 nitrogen and oxygen atoms in total. The van der Waals surface area contributed by atoms with Crippen molar-refractivity contribution < 1.29 is 4.74 Å². The number of aromatic nitrogens is 3. The van der Waals surface area contributed by atoms with Gasteiger partial charge in [-0.05, 0) is 45.8 Å². The minimum absolute atomic E-state index is 0.277. The van der Waals surface area contributed by atoms with Gasteiger partial charge in [-0.3, -0.25) is 4.98 Å². The summed E-state index contributed by atoms with van der Waals surface area (Å²) in [6.07, 6.45) is 4.62. The van der Waals surface area contributed by atoms with E-state index in [0.717, 1.165) is 17.0 Å². The number of ether oxygens (including phenoxy) is 1. The highest BCUT2D eigenvalue weighted by Crippen LogP contribution is 2.30. The summed E-state index contributed by atoms with van der Waals surface area (Å²) >= 11 is 3.43. The molecule has 2 aromatic heterocycles. The normalized spacial score (nSPS) is 11.5. The Morgan fingerprint density at radius 3 is 2.62 bits per heavy atom. The summed E-state index contributed by atoms with van der Waals surface area (Å²) < 4.78 is 8.74. The first kappa shape index (κ1) is 17.8. The van der Waals surface area contributed by atoms with Crippen molar-refractivity contribution in [2.75, 3.05) is 0 Å². The Bertz CT molecular complexity index is 998. The highest BCUT2D eigenvalue weighted by atomic mass is 79.9. The third kappa shape index (κ3) is 3.80. The van der Waals surface area contributed by atoms with Gasteiger partial charge >= 0.3 is 0 Å². The lowest BCUT2D eigenvalue weighted by atomic mass is 10.0. The van der Waals surface area contributed by atoms with Crippen LogP contribution in [-0.4, -0.2) is 14.5 Å².